The molecule has 1 aliphatic heterocycles. The molecule has 4 N–H and O–H groups in total. The van der Waals surface area contributed by atoms with Gasteiger partial charge in [0.2, 0.25) is 11.7 Å². The minimum Gasteiger partial charge on any atom is -0.493 e. The van der Waals surface area contributed by atoms with Crippen LogP contribution in [0.15, 0.2) is 30.4 Å². The molecule has 0 bridgehead atoms. The predicted octanol–water partition coefficient (Wildman–Crippen LogP) is 3.09. The number of phosphoric ester groups is 1. The number of nitrogens with one attached hydrogen (secondary N) is 2. The zero-order chi connectivity index (χ0) is 31.9. The summed E-state index contributed by atoms with van der Waals surface area (Å²) in [4.78, 5) is 44.0. The molecule has 214 valence electrons. The Kier molecular flexibility index (Phi) is 6.87. The highest BCUT2D eigenvalue weighted by molar-refractivity contribution is 7.46. The van der Waals surface area contributed by atoms with Crippen LogP contribution in [-0.2, 0) is 13.9 Å². The van der Waals surface area contributed by atoms with Gasteiger partial charge in [-0.3, -0.25) is 14.2 Å². The maximum atomic E-state index is 15.0. The third-order valence-electron chi connectivity index (χ3n) is 5.25. The Labute approximate surface area is 231 Å². The highest BCUT2D eigenvalue weighted by Crippen LogP contribution is 2.42. The summed E-state index contributed by atoms with van der Waals surface area (Å²) in [5, 5.41) is 5.18. The van der Waals surface area contributed by atoms with Crippen molar-refractivity contribution < 1.29 is 51.1 Å². The number of halogens is 1. The fourth-order valence-electron chi connectivity index (χ4n) is 3.49. The molecule has 0 saturated carbocycles. The fourth-order valence-corrected chi connectivity index (χ4v) is 3.75. The van der Waals surface area contributed by atoms with Crippen molar-refractivity contribution in [3.63, 3.8) is 0 Å². The van der Waals surface area contributed by atoms with Gasteiger partial charge in [-0.25, -0.2) is 18.9 Å². The number of amides is 1. The topological polar surface area (TPSA) is 187 Å². The number of carbonyl (C=O) groups excluding carboxylic acids is 1. The first-order chi connectivity index (χ1) is 20.1. The van der Waals surface area contributed by atoms with Gasteiger partial charge in [-0.2, -0.15) is 4.98 Å². The van der Waals surface area contributed by atoms with Crippen molar-refractivity contribution in [1.82, 2.24) is 15.0 Å². The van der Waals surface area contributed by atoms with E-state index in [1.165, 1.54) is 47.3 Å². The molecule has 15 nitrogen and oxygen atoms in total. The second kappa shape index (κ2) is 11.1. The number of benzene rings is 1. The second-order valence-corrected chi connectivity index (χ2v) is 9.65. The van der Waals surface area contributed by atoms with Gasteiger partial charge in [0, 0.05) is 17.8 Å². The molecule has 2 aromatic heterocycles. The van der Waals surface area contributed by atoms with Gasteiger partial charge in [-0.15, -0.1) is 0 Å². The van der Waals surface area contributed by atoms with Crippen LogP contribution in [0.4, 0.5) is 33.5 Å². The van der Waals surface area contributed by atoms with E-state index in [1.54, 1.807) is 0 Å². The predicted molar refractivity (Wildman–Crippen MR) is 139 cm³/mol. The molecule has 3 aromatic rings. The average Bonchev–Trinajstić information content (AvgIpc) is 2.93. The number of carbonyl (C=O) groups is 1. The number of methoxy groups -OCH3 is 3. The van der Waals surface area contributed by atoms with Gasteiger partial charge in [0.25, 0.3) is 5.91 Å². The number of hydrogen-bond donors (Lipinski definition) is 4. The Balaban J connectivity index is 1.72. The summed E-state index contributed by atoms with van der Waals surface area (Å²) < 4.78 is 77.0. The van der Waals surface area contributed by atoms with Gasteiger partial charge in [0.1, 0.15) is 12.5 Å². The van der Waals surface area contributed by atoms with Crippen molar-refractivity contribution in [1.29, 1.82) is 0 Å². The summed E-state index contributed by atoms with van der Waals surface area (Å²) in [6, 6.07) is 2.05. The zero-order valence-corrected chi connectivity index (χ0v) is 22.6. The van der Waals surface area contributed by atoms with E-state index in [-0.39, 0.29) is 58.4 Å². The molecule has 1 aromatic carbocycles. The summed E-state index contributed by atoms with van der Waals surface area (Å²) in [7, 11) is -1.10. The lowest BCUT2D eigenvalue weighted by Crippen LogP contribution is -2.53. The first-order valence-electron chi connectivity index (χ1n) is 12.7. The molecule has 0 fully saturated rings. The third kappa shape index (κ3) is 6.15. The summed E-state index contributed by atoms with van der Waals surface area (Å²) in [5.74, 6) is -3.27. The Morgan fingerprint density at radius 3 is 2.40 bits per heavy atom. The fraction of sp³-hybridized carbons (Fsp3) is 0.304. The van der Waals surface area contributed by atoms with Crippen LogP contribution in [0, 0.1) is 5.82 Å². The van der Waals surface area contributed by atoms with Crippen molar-refractivity contribution >= 4 is 42.8 Å². The number of aromatic nitrogens is 3. The largest absolute Gasteiger partial charge is 0.493 e. The van der Waals surface area contributed by atoms with E-state index in [9.17, 15) is 13.8 Å². The highest BCUT2D eigenvalue weighted by atomic mass is 31.2. The lowest BCUT2D eigenvalue weighted by molar-refractivity contribution is -0.133. The van der Waals surface area contributed by atoms with Crippen LogP contribution < -0.4 is 34.5 Å². The monoisotopic (exact) mass is 583 g/mol. The van der Waals surface area contributed by atoms with E-state index in [1.807, 2.05) is 0 Å². The van der Waals surface area contributed by atoms with Gasteiger partial charge < -0.3 is 39.4 Å². The summed E-state index contributed by atoms with van der Waals surface area (Å²) >= 11 is 0. The minimum absolute atomic E-state index is 0.00122. The van der Waals surface area contributed by atoms with Gasteiger partial charge >= 0.3 is 7.82 Å². The number of fused-ring (bicyclic) bond motifs is 1. The summed E-state index contributed by atoms with van der Waals surface area (Å²) in [6.07, 6.45) is -0.861. The SMILES string of the molecule is [2H]c1nc(Nc2c([2H])c(OC)c(OC)c(OC)c2[2H])nc(Nc2ccc3c(n2)N(COP(=O)(O)O)C(=O)C(C)(C)O3)c1F. The molecule has 0 aliphatic carbocycles. The molecular weight excluding hydrogens is 554 g/mol. The van der Waals surface area contributed by atoms with E-state index >= 15 is 0 Å². The van der Waals surface area contributed by atoms with Crippen LogP contribution in [0.2, 0.25) is 0 Å². The quantitative estimate of drug-likeness (QED) is 0.255. The molecule has 40 heavy (non-hydrogen) atoms. The number of anilines is 5. The number of rotatable bonds is 10. The number of hydrogen-bond acceptors (Lipinski definition) is 12. The Morgan fingerprint density at radius 1 is 1.12 bits per heavy atom. The highest BCUT2D eigenvalue weighted by Gasteiger charge is 2.42. The number of nitrogens with zero attached hydrogens (tertiary/aromatic N) is 4. The van der Waals surface area contributed by atoms with Crippen molar-refractivity contribution in [2.75, 3.05) is 43.6 Å². The van der Waals surface area contributed by atoms with Crippen LogP contribution in [0.3, 0.4) is 0 Å². The van der Waals surface area contributed by atoms with Gasteiger partial charge in [0.05, 0.1) is 31.6 Å². The second-order valence-electron chi connectivity index (χ2n) is 8.41. The molecule has 17 heteroatoms. The average molecular weight is 583 g/mol. The van der Waals surface area contributed by atoms with Crippen molar-refractivity contribution in [3.05, 3.63) is 36.2 Å². The van der Waals surface area contributed by atoms with E-state index < -0.39 is 43.9 Å². The Bertz CT molecular complexity index is 1610. The molecule has 0 atom stereocenters. The molecule has 3 heterocycles. The maximum Gasteiger partial charge on any atom is 0.471 e. The van der Waals surface area contributed by atoms with Crippen molar-refractivity contribution in [2.24, 2.45) is 0 Å². The lowest BCUT2D eigenvalue weighted by Gasteiger charge is -2.37. The summed E-state index contributed by atoms with van der Waals surface area (Å²) in [6.45, 7) is 2.01. The van der Waals surface area contributed by atoms with Crippen LogP contribution in [0.1, 0.15) is 18.0 Å². The standard InChI is InChI=1S/C23H26FN6O9P/c1-23(2)21(31)30(11-38-40(32,33)34)20-14(39-23)6-7-17(28-20)27-19-13(24)10-25-22(29-19)26-12-8-15(35-3)18(37-5)16(9-12)36-4/h6-10H,11H2,1-5H3,(H2,32,33,34)(H2,25,26,27,28,29)/i8D,9D,10D. The van der Waals surface area contributed by atoms with Crippen LogP contribution in [0.5, 0.6) is 23.0 Å². The third-order valence-corrected chi connectivity index (χ3v) is 5.70. The number of ether oxygens (including phenoxy) is 4. The van der Waals surface area contributed by atoms with E-state index in [0.717, 1.165) is 4.90 Å². The number of phosphoric acid groups is 1. The minimum atomic E-state index is -4.97. The van der Waals surface area contributed by atoms with Gasteiger partial charge in [-0.05, 0) is 26.0 Å². The normalized spacial score (nSPS) is 15.2. The summed E-state index contributed by atoms with van der Waals surface area (Å²) in [5.41, 5.74) is -1.63. The van der Waals surface area contributed by atoms with Gasteiger partial charge in [-0.1, -0.05) is 0 Å². The van der Waals surface area contributed by atoms with Crippen LogP contribution >= 0.6 is 7.82 Å². The van der Waals surface area contributed by atoms with E-state index in [0.29, 0.717) is 0 Å². The first kappa shape index (κ1) is 24.8. The molecule has 0 radical (unpaired) electrons. The van der Waals surface area contributed by atoms with E-state index in [2.05, 4.69) is 30.1 Å². The molecule has 1 amide bonds. The first-order valence-corrected chi connectivity index (χ1v) is 12.7. The lowest BCUT2D eigenvalue weighted by atomic mass is 10.1. The molecule has 0 spiro atoms. The Hall–Kier alpha value is -4.24. The number of pyridine rings is 1. The molecular formula is C23H26FN6O9P. The van der Waals surface area contributed by atoms with Crippen molar-refractivity contribution in [2.45, 2.75) is 19.4 Å². The zero-order valence-electron chi connectivity index (χ0n) is 24.7. The Morgan fingerprint density at radius 2 is 1.80 bits per heavy atom. The van der Waals surface area contributed by atoms with E-state index in [4.69, 9.17) is 32.8 Å². The molecule has 1 aliphatic rings. The molecule has 0 saturated heterocycles. The van der Waals surface area contributed by atoms with Gasteiger partial charge in [0.15, 0.2) is 40.3 Å². The molecule has 4 rings (SSSR count). The van der Waals surface area contributed by atoms with Crippen molar-refractivity contribution in [3.8, 4) is 23.0 Å². The molecule has 0 unspecified atom stereocenters. The smallest absolute Gasteiger partial charge is 0.471 e. The van der Waals surface area contributed by atoms with Crippen LogP contribution in [0.25, 0.3) is 0 Å². The maximum absolute atomic E-state index is 15.0. The van der Waals surface area contributed by atoms with Crippen LogP contribution in [-0.4, -0.2) is 64.3 Å².